The molecule has 0 spiro atoms. The molecule has 0 aromatic heterocycles. The van der Waals surface area contributed by atoms with E-state index in [9.17, 15) is 18.0 Å². The first-order valence-electron chi connectivity index (χ1n) is 7.02. The molecule has 1 aliphatic rings. The van der Waals surface area contributed by atoms with Crippen molar-refractivity contribution in [1.82, 2.24) is 10.6 Å². The van der Waals surface area contributed by atoms with Crippen LogP contribution >= 0.6 is 0 Å². The van der Waals surface area contributed by atoms with Crippen molar-refractivity contribution < 1.29 is 18.0 Å². The molecule has 2 rings (SSSR count). The van der Waals surface area contributed by atoms with E-state index in [4.69, 9.17) is 5.14 Å². The van der Waals surface area contributed by atoms with E-state index in [1.807, 2.05) is 0 Å². The first-order valence-corrected chi connectivity index (χ1v) is 8.57. The van der Waals surface area contributed by atoms with Crippen LogP contribution in [0.3, 0.4) is 0 Å². The summed E-state index contributed by atoms with van der Waals surface area (Å²) in [6, 6.07) is 6.17. The summed E-state index contributed by atoms with van der Waals surface area (Å²) in [5.74, 6) is -0.214. The molecule has 0 aliphatic heterocycles. The van der Waals surface area contributed by atoms with Gasteiger partial charge in [-0.05, 0) is 37.0 Å². The van der Waals surface area contributed by atoms with Crippen LogP contribution in [0.5, 0.6) is 0 Å². The molecule has 0 atom stereocenters. The molecule has 0 unspecified atom stereocenters. The number of benzene rings is 1. The minimum Gasteiger partial charge on any atom is -0.354 e. The second kappa shape index (κ2) is 6.89. The number of primary sulfonamides is 1. The summed E-state index contributed by atoms with van der Waals surface area (Å²) in [5.41, 5.74) is 0.884. The number of sulfonamides is 1. The highest BCUT2D eigenvalue weighted by Gasteiger charge is 2.29. The van der Waals surface area contributed by atoms with Crippen molar-refractivity contribution in [2.24, 2.45) is 11.1 Å². The normalized spacial score (nSPS) is 14.4. The highest BCUT2D eigenvalue weighted by atomic mass is 32.2. The summed E-state index contributed by atoms with van der Waals surface area (Å²) >= 11 is 0. The van der Waals surface area contributed by atoms with Gasteiger partial charge < -0.3 is 10.6 Å². The van der Waals surface area contributed by atoms with Gasteiger partial charge in [-0.3, -0.25) is 9.59 Å². The molecular formula is C14H19N3O4S. The fourth-order valence-electron chi connectivity index (χ4n) is 1.91. The maximum absolute atomic E-state index is 11.5. The molecule has 1 saturated carbocycles. The van der Waals surface area contributed by atoms with Gasteiger partial charge in [0, 0.05) is 12.5 Å². The number of hydrogen-bond donors (Lipinski definition) is 3. The lowest BCUT2D eigenvalue weighted by Gasteiger charge is -2.07. The molecule has 0 bridgehead atoms. The average Bonchev–Trinajstić information content (AvgIpc) is 3.29. The lowest BCUT2D eigenvalue weighted by molar-refractivity contribution is -0.126. The SMILES string of the molecule is NS(=O)(=O)c1ccc(CCNC(=O)CNC(=O)C2CC2)cc1. The molecule has 1 fully saturated rings. The first kappa shape index (κ1) is 16.4. The van der Waals surface area contributed by atoms with E-state index >= 15 is 0 Å². The van der Waals surface area contributed by atoms with Crippen molar-refractivity contribution in [3.8, 4) is 0 Å². The van der Waals surface area contributed by atoms with Crippen molar-refractivity contribution in [3.05, 3.63) is 29.8 Å². The molecule has 4 N–H and O–H groups in total. The van der Waals surface area contributed by atoms with Crippen molar-refractivity contribution in [1.29, 1.82) is 0 Å². The van der Waals surface area contributed by atoms with Crippen LogP contribution in [-0.2, 0) is 26.0 Å². The Balaban J connectivity index is 1.69. The molecular weight excluding hydrogens is 306 g/mol. The van der Waals surface area contributed by atoms with Gasteiger partial charge in [-0.25, -0.2) is 13.6 Å². The second-order valence-electron chi connectivity index (χ2n) is 5.28. The van der Waals surface area contributed by atoms with Crippen molar-refractivity contribution in [2.75, 3.05) is 13.1 Å². The second-order valence-corrected chi connectivity index (χ2v) is 6.84. The predicted octanol–water partition coefficient (Wildman–Crippen LogP) is -0.481. The average molecular weight is 325 g/mol. The zero-order chi connectivity index (χ0) is 16.2. The fourth-order valence-corrected chi connectivity index (χ4v) is 2.43. The Morgan fingerprint density at radius 1 is 1.14 bits per heavy atom. The third kappa shape index (κ3) is 5.12. The van der Waals surface area contributed by atoms with Crippen LogP contribution in [0.2, 0.25) is 0 Å². The van der Waals surface area contributed by atoms with Crippen LogP contribution in [0, 0.1) is 5.92 Å². The third-order valence-corrected chi connectivity index (χ3v) is 4.29. The Bertz CT molecular complexity index is 651. The van der Waals surface area contributed by atoms with Crippen molar-refractivity contribution in [2.45, 2.75) is 24.2 Å². The molecule has 0 heterocycles. The predicted molar refractivity (Wildman–Crippen MR) is 80.3 cm³/mol. The lowest BCUT2D eigenvalue weighted by atomic mass is 10.1. The van der Waals surface area contributed by atoms with E-state index in [0.29, 0.717) is 13.0 Å². The van der Waals surface area contributed by atoms with Crippen molar-refractivity contribution >= 4 is 21.8 Å². The summed E-state index contributed by atoms with van der Waals surface area (Å²) in [7, 11) is -3.68. The van der Waals surface area contributed by atoms with Crippen LogP contribution in [0.4, 0.5) is 0 Å². The van der Waals surface area contributed by atoms with Crippen LogP contribution in [0.1, 0.15) is 18.4 Å². The summed E-state index contributed by atoms with van der Waals surface area (Å²) in [6.45, 7) is 0.395. The fraction of sp³-hybridized carbons (Fsp3) is 0.429. The van der Waals surface area contributed by atoms with Gasteiger partial charge in [0.1, 0.15) is 0 Å². The van der Waals surface area contributed by atoms with Gasteiger partial charge in [-0.2, -0.15) is 0 Å². The van der Waals surface area contributed by atoms with E-state index in [1.165, 1.54) is 12.1 Å². The Hall–Kier alpha value is -1.93. The van der Waals surface area contributed by atoms with Gasteiger partial charge in [0.15, 0.2) is 0 Å². The van der Waals surface area contributed by atoms with Gasteiger partial charge >= 0.3 is 0 Å². The molecule has 2 amide bonds. The van der Waals surface area contributed by atoms with Crippen LogP contribution in [0.25, 0.3) is 0 Å². The Morgan fingerprint density at radius 2 is 1.77 bits per heavy atom. The summed E-state index contributed by atoms with van der Waals surface area (Å²) in [6.07, 6.45) is 2.37. The molecule has 0 saturated heterocycles. The summed E-state index contributed by atoms with van der Waals surface area (Å²) in [4.78, 5) is 23.0. The molecule has 120 valence electrons. The third-order valence-electron chi connectivity index (χ3n) is 3.36. The molecule has 1 aromatic carbocycles. The Morgan fingerprint density at radius 3 is 2.32 bits per heavy atom. The van der Waals surface area contributed by atoms with Gasteiger partial charge in [-0.15, -0.1) is 0 Å². The largest absolute Gasteiger partial charge is 0.354 e. The van der Waals surface area contributed by atoms with E-state index in [0.717, 1.165) is 18.4 Å². The molecule has 7 nitrogen and oxygen atoms in total. The van der Waals surface area contributed by atoms with Crippen LogP contribution < -0.4 is 15.8 Å². The maximum Gasteiger partial charge on any atom is 0.239 e. The zero-order valence-corrected chi connectivity index (χ0v) is 12.9. The van der Waals surface area contributed by atoms with E-state index in [-0.39, 0.29) is 29.2 Å². The highest BCUT2D eigenvalue weighted by Crippen LogP contribution is 2.28. The van der Waals surface area contributed by atoms with E-state index < -0.39 is 10.0 Å². The van der Waals surface area contributed by atoms with Gasteiger partial charge in [0.2, 0.25) is 21.8 Å². The molecule has 1 aromatic rings. The number of nitrogens with one attached hydrogen (secondary N) is 2. The quantitative estimate of drug-likeness (QED) is 0.627. The molecule has 22 heavy (non-hydrogen) atoms. The monoisotopic (exact) mass is 325 g/mol. The topological polar surface area (TPSA) is 118 Å². The molecule has 1 aliphatic carbocycles. The van der Waals surface area contributed by atoms with Crippen LogP contribution in [-0.4, -0.2) is 33.3 Å². The Labute approximate surface area is 129 Å². The van der Waals surface area contributed by atoms with Gasteiger partial charge in [0.25, 0.3) is 0 Å². The van der Waals surface area contributed by atoms with Gasteiger partial charge in [0.05, 0.1) is 11.4 Å². The standard InChI is InChI=1S/C14H19N3O4S/c15-22(20,21)12-5-1-10(2-6-12)7-8-16-13(18)9-17-14(19)11-3-4-11/h1-2,5-6,11H,3-4,7-9H2,(H,16,18)(H,17,19)(H2,15,20,21). The lowest BCUT2D eigenvalue weighted by Crippen LogP contribution is -2.38. The molecule has 8 heteroatoms. The van der Waals surface area contributed by atoms with Crippen molar-refractivity contribution in [3.63, 3.8) is 0 Å². The number of amides is 2. The highest BCUT2D eigenvalue weighted by molar-refractivity contribution is 7.89. The Kier molecular flexibility index (Phi) is 5.15. The maximum atomic E-state index is 11.5. The number of rotatable bonds is 7. The van der Waals surface area contributed by atoms with E-state index in [1.54, 1.807) is 12.1 Å². The summed E-state index contributed by atoms with van der Waals surface area (Å²) < 4.78 is 22.2. The van der Waals surface area contributed by atoms with E-state index in [2.05, 4.69) is 10.6 Å². The van der Waals surface area contributed by atoms with Gasteiger partial charge in [-0.1, -0.05) is 12.1 Å². The first-order chi connectivity index (χ1) is 10.4. The summed E-state index contributed by atoms with van der Waals surface area (Å²) in [5, 5.41) is 10.3. The number of carbonyl (C=O) groups excluding carboxylic acids is 2. The minimum absolute atomic E-state index is 0.0142. The number of hydrogen-bond acceptors (Lipinski definition) is 4. The molecule has 0 radical (unpaired) electrons. The smallest absolute Gasteiger partial charge is 0.239 e. The number of carbonyl (C=O) groups is 2. The number of nitrogens with two attached hydrogens (primary N) is 1. The minimum atomic E-state index is -3.68. The van der Waals surface area contributed by atoms with Crippen LogP contribution in [0.15, 0.2) is 29.2 Å². The zero-order valence-electron chi connectivity index (χ0n) is 12.0.